The highest BCUT2D eigenvalue weighted by atomic mass is 32.2. The quantitative estimate of drug-likeness (QED) is 0.176. The molecule has 12 nitrogen and oxygen atoms in total. The number of nitrogens with zero attached hydrogens (tertiary/aromatic N) is 3. The van der Waals surface area contributed by atoms with Crippen molar-refractivity contribution in [3.63, 3.8) is 0 Å². The van der Waals surface area contributed by atoms with E-state index in [0.717, 1.165) is 11.3 Å². The van der Waals surface area contributed by atoms with Crippen molar-refractivity contribution < 1.29 is 33.5 Å². The van der Waals surface area contributed by atoms with Gasteiger partial charge in [-0.25, -0.2) is 9.78 Å². The molecular formula is C20H25N5O7S2. The smallest absolute Gasteiger partial charge is 0.357 e. The molecule has 1 aromatic heterocycles. The van der Waals surface area contributed by atoms with E-state index in [0.29, 0.717) is 11.3 Å². The molecule has 3 rings (SSSR count). The van der Waals surface area contributed by atoms with Crippen LogP contribution in [0.25, 0.3) is 0 Å². The summed E-state index contributed by atoms with van der Waals surface area (Å²) in [5, 5.41) is 7.60. The van der Waals surface area contributed by atoms with Crippen molar-refractivity contribution in [2.24, 2.45) is 10.6 Å². The largest absolute Gasteiger partial charge is 0.427 e. The molecule has 2 atom stereocenters. The Morgan fingerprint density at radius 2 is 2.03 bits per heavy atom. The van der Waals surface area contributed by atoms with E-state index in [4.69, 9.17) is 20.0 Å². The van der Waals surface area contributed by atoms with E-state index in [-0.39, 0.29) is 22.2 Å². The fraction of sp³-hybridized carbons (Fsp3) is 0.500. The molecule has 2 amide bonds. The van der Waals surface area contributed by atoms with E-state index in [9.17, 15) is 19.2 Å². The van der Waals surface area contributed by atoms with E-state index in [1.807, 2.05) is 0 Å². The topological polar surface area (TPSA) is 163 Å². The summed E-state index contributed by atoms with van der Waals surface area (Å²) >= 11 is 2.52. The normalized spacial score (nSPS) is 20.3. The molecule has 1 saturated heterocycles. The zero-order valence-corrected chi connectivity index (χ0v) is 20.9. The van der Waals surface area contributed by atoms with Crippen molar-refractivity contribution >= 4 is 57.7 Å². The monoisotopic (exact) mass is 511 g/mol. The fourth-order valence-electron chi connectivity index (χ4n) is 3.09. The molecule has 0 bridgehead atoms. The number of thioether (sulfide) groups is 1. The maximum atomic E-state index is 12.9. The Bertz CT molecular complexity index is 1080. The number of nitrogen functional groups attached to an aromatic ring is 1. The molecule has 34 heavy (non-hydrogen) atoms. The second kappa shape index (κ2) is 10.0. The summed E-state index contributed by atoms with van der Waals surface area (Å²) in [4.78, 5) is 60.3. The molecule has 14 heteroatoms. The second-order valence-electron chi connectivity index (χ2n) is 8.41. The number of amides is 2. The summed E-state index contributed by atoms with van der Waals surface area (Å²) in [7, 11) is 1.28. The van der Waals surface area contributed by atoms with Gasteiger partial charge in [-0.05, 0) is 33.3 Å². The van der Waals surface area contributed by atoms with Gasteiger partial charge in [-0.3, -0.25) is 19.3 Å². The van der Waals surface area contributed by atoms with E-state index in [2.05, 4.69) is 15.5 Å². The van der Waals surface area contributed by atoms with Crippen LogP contribution >= 0.6 is 23.1 Å². The first-order chi connectivity index (χ1) is 16.0. The number of ether oxygens (including phenoxy) is 2. The molecule has 184 valence electrons. The van der Waals surface area contributed by atoms with Gasteiger partial charge in [0.2, 0.25) is 6.79 Å². The van der Waals surface area contributed by atoms with Crippen LogP contribution in [0.3, 0.4) is 0 Å². The summed E-state index contributed by atoms with van der Waals surface area (Å²) in [6.45, 7) is 6.15. The number of anilines is 1. The molecule has 3 N–H and O–H groups in total. The molecule has 2 aliphatic rings. The number of aromatic nitrogens is 1. The van der Waals surface area contributed by atoms with Gasteiger partial charge in [-0.2, -0.15) is 0 Å². The average Bonchev–Trinajstić information content (AvgIpc) is 3.20. The average molecular weight is 512 g/mol. The van der Waals surface area contributed by atoms with Crippen molar-refractivity contribution in [3.8, 4) is 0 Å². The van der Waals surface area contributed by atoms with Crippen LogP contribution in [0.1, 0.15) is 33.4 Å². The summed E-state index contributed by atoms with van der Waals surface area (Å²) in [5.74, 6) is -2.04. The minimum absolute atomic E-state index is 0.0733. The van der Waals surface area contributed by atoms with Gasteiger partial charge in [0.25, 0.3) is 11.8 Å². The highest BCUT2D eigenvalue weighted by molar-refractivity contribution is 8.00. The van der Waals surface area contributed by atoms with Gasteiger partial charge in [0.05, 0.1) is 5.41 Å². The Morgan fingerprint density at radius 3 is 2.62 bits per heavy atom. The van der Waals surface area contributed by atoms with E-state index >= 15 is 0 Å². The lowest BCUT2D eigenvalue weighted by Crippen LogP contribution is -2.71. The first-order valence-corrected chi connectivity index (χ1v) is 12.0. The van der Waals surface area contributed by atoms with Crippen molar-refractivity contribution in [3.05, 3.63) is 22.3 Å². The molecule has 1 aromatic rings. The Hall–Kier alpha value is -3.13. The first kappa shape index (κ1) is 25.5. The molecule has 0 unspecified atom stereocenters. The summed E-state index contributed by atoms with van der Waals surface area (Å²) in [6.07, 6.45) is 0. The van der Waals surface area contributed by atoms with Gasteiger partial charge in [-0.15, -0.1) is 23.1 Å². The third-order valence-corrected chi connectivity index (χ3v) is 6.89. The van der Waals surface area contributed by atoms with Crippen LogP contribution in [0.4, 0.5) is 5.13 Å². The predicted octanol–water partition coefficient (Wildman–Crippen LogP) is 0.840. The minimum atomic E-state index is -0.898. The Labute approximate surface area is 203 Å². The number of hydrogen-bond acceptors (Lipinski definition) is 12. The highest BCUT2D eigenvalue weighted by Crippen LogP contribution is 2.40. The number of β-lactam (4-membered cyclic amide) rings is 1. The third-order valence-electron chi connectivity index (χ3n) is 4.79. The van der Waals surface area contributed by atoms with Crippen LogP contribution in [0.5, 0.6) is 0 Å². The molecule has 0 radical (unpaired) electrons. The van der Waals surface area contributed by atoms with Gasteiger partial charge in [0, 0.05) is 11.1 Å². The highest BCUT2D eigenvalue weighted by Gasteiger charge is 2.54. The van der Waals surface area contributed by atoms with Crippen LogP contribution < -0.4 is 11.1 Å². The fourth-order valence-corrected chi connectivity index (χ4v) is 4.93. The number of rotatable bonds is 7. The van der Waals surface area contributed by atoms with Gasteiger partial charge in [0.15, 0.2) is 10.8 Å². The number of carbonyl (C=O) groups is 4. The van der Waals surface area contributed by atoms with Gasteiger partial charge in [0.1, 0.15) is 29.9 Å². The number of nitrogens with two attached hydrogens (primary N) is 1. The maximum absolute atomic E-state index is 12.9. The van der Waals surface area contributed by atoms with E-state index in [1.54, 1.807) is 33.1 Å². The van der Waals surface area contributed by atoms with Crippen LogP contribution in [0.2, 0.25) is 0 Å². The molecule has 0 spiro atoms. The van der Waals surface area contributed by atoms with Crippen LogP contribution in [-0.4, -0.2) is 70.4 Å². The molecule has 0 aromatic carbocycles. The Kier molecular flexibility index (Phi) is 7.51. The maximum Gasteiger partial charge on any atom is 0.357 e. The van der Waals surface area contributed by atoms with E-state index in [1.165, 1.54) is 23.8 Å². The number of thiazole rings is 1. The summed E-state index contributed by atoms with van der Waals surface area (Å²) < 4.78 is 10.0. The Morgan fingerprint density at radius 1 is 1.32 bits per heavy atom. The zero-order valence-electron chi connectivity index (χ0n) is 19.2. The van der Waals surface area contributed by atoms with Crippen molar-refractivity contribution in [2.45, 2.75) is 39.1 Å². The standard InChI is InChI=1S/C20H25N5O7S2/c1-9-6-33-16-12(23-14(26)11(24-30-5)10-7-34-19(21)22-10)15(27)25(16)13(9)17(28)31-8-32-18(29)20(2,3)4/h7,12,16H,6,8H2,1-5H3,(H2,21,22)(H,23,26)/b24-11+/t12-,16+/m1/s1. The SMILES string of the molecule is CO/N=C(/C(=O)N[C@@H]1C(=O)N2C(C(=O)OCOC(=O)C(C)(C)C)=C(C)CS[C@@H]12)c1csc(N)n1. The van der Waals surface area contributed by atoms with Crippen molar-refractivity contribution in [2.75, 3.05) is 25.4 Å². The van der Waals surface area contributed by atoms with Gasteiger partial charge in [-0.1, -0.05) is 5.16 Å². The van der Waals surface area contributed by atoms with Crippen molar-refractivity contribution in [1.82, 2.24) is 15.2 Å². The molecule has 0 saturated carbocycles. The van der Waals surface area contributed by atoms with Gasteiger partial charge < -0.3 is 25.4 Å². The molecule has 0 aliphatic carbocycles. The number of fused-ring (bicyclic) bond motifs is 1. The summed E-state index contributed by atoms with van der Waals surface area (Å²) in [6, 6.07) is -0.898. The molecule has 3 heterocycles. The Balaban J connectivity index is 1.66. The number of nitrogens with one attached hydrogen (secondary N) is 1. The van der Waals surface area contributed by atoms with Crippen LogP contribution in [0.15, 0.2) is 21.8 Å². The molecule has 1 fully saturated rings. The van der Waals surface area contributed by atoms with Gasteiger partial charge >= 0.3 is 11.9 Å². The molecular weight excluding hydrogens is 486 g/mol. The second-order valence-corrected chi connectivity index (χ2v) is 10.4. The molecule has 2 aliphatic heterocycles. The van der Waals surface area contributed by atoms with Crippen molar-refractivity contribution in [1.29, 1.82) is 0 Å². The third kappa shape index (κ3) is 5.17. The number of oxime groups is 1. The predicted molar refractivity (Wildman–Crippen MR) is 124 cm³/mol. The number of carbonyl (C=O) groups excluding carboxylic acids is 4. The number of esters is 2. The lowest BCUT2D eigenvalue weighted by molar-refractivity contribution is -0.173. The van der Waals surface area contributed by atoms with Crippen LogP contribution in [0, 0.1) is 5.41 Å². The first-order valence-electron chi connectivity index (χ1n) is 10.1. The minimum Gasteiger partial charge on any atom is -0.427 e. The zero-order chi connectivity index (χ0) is 25.2. The number of hydrogen-bond donors (Lipinski definition) is 2. The van der Waals surface area contributed by atoms with E-state index < -0.39 is 47.4 Å². The lowest BCUT2D eigenvalue weighted by atomic mass is 9.98. The summed E-state index contributed by atoms with van der Waals surface area (Å²) in [5.41, 5.74) is 5.67. The van der Waals surface area contributed by atoms with Crippen LogP contribution in [-0.2, 0) is 33.5 Å². The lowest BCUT2D eigenvalue weighted by Gasteiger charge is -2.49.